The molecule has 1 aromatic carbocycles. The van der Waals surface area contributed by atoms with Crippen LogP contribution in [0.25, 0.3) is 0 Å². The third-order valence-corrected chi connectivity index (χ3v) is 4.26. The van der Waals surface area contributed by atoms with E-state index in [4.69, 9.17) is 0 Å². The lowest BCUT2D eigenvalue weighted by Gasteiger charge is -2.22. The lowest BCUT2D eigenvalue weighted by Crippen LogP contribution is -2.26. The Morgan fingerprint density at radius 3 is 2.47 bits per heavy atom. The van der Waals surface area contributed by atoms with E-state index in [0.717, 1.165) is 35.4 Å². The zero-order chi connectivity index (χ0) is 14.4. The monoisotopic (exact) mass is 283 g/mol. The molecule has 19 heavy (non-hydrogen) atoms. The molecule has 0 spiro atoms. The highest BCUT2D eigenvalue weighted by Crippen LogP contribution is 2.27. The van der Waals surface area contributed by atoms with E-state index < -0.39 is 0 Å². The van der Waals surface area contributed by atoms with E-state index >= 15 is 0 Å². The van der Waals surface area contributed by atoms with E-state index in [-0.39, 0.29) is 11.9 Å². The maximum absolute atomic E-state index is 14.3. The van der Waals surface area contributed by atoms with Crippen molar-refractivity contribution in [1.29, 1.82) is 0 Å². The topological polar surface area (TPSA) is 12.0 Å². The highest BCUT2D eigenvalue weighted by atomic mass is 32.2. The van der Waals surface area contributed by atoms with Crippen molar-refractivity contribution in [2.24, 2.45) is 0 Å². The third-order valence-electron chi connectivity index (χ3n) is 3.07. The summed E-state index contributed by atoms with van der Waals surface area (Å²) < 4.78 is 14.3. The number of thioether (sulfide) groups is 1. The van der Waals surface area contributed by atoms with Gasteiger partial charge in [0.2, 0.25) is 0 Å². The SMILES string of the molecule is CCCNC(CSC(C)C)c1c(C)cc(C)cc1F. The van der Waals surface area contributed by atoms with Crippen LogP contribution in [0.1, 0.15) is 49.9 Å². The van der Waals surface area contributed by atoms with Gasteiger partial charge in [0.25, 0.3) is 0 Å². The number of halogens is 1. The molecule has 3 heteroatoms. The average Bonchev–Trinajstić information content (AvgIpc) is 2.30. The molecule has 0 radical (unpaired) electrons. The van der Waals surface area contributed by atoms with Crippen LogP contribution in [0.5, 0.6) is 0 Å². The molecule has 0 aliphatic carbocycles. The summed E-state index contributed by atoms with van der Waals surface area (Å²) in [7, 11) is 0. The molecule has 0 heterocycles. The summed E-state index contributed by atoms with van der Waals surface area (Å²) in [6.07, 6.45) is 1.06. The second-order valence-corrected chi connectivity index (χ2v) is 6.98. The maximum Gasteiger partial charge on any atom is 0.128 e. The van der Waals surface area contributed by atoms with Crippen LogP contribution in [0.3, 0.4) is 0 Å². The minimum absolute atomic E-state index is 0.0736. The average molecular weight is 283 g/mol. The summed E-state index contributed by atoms with van der Waals surface area (Å²) in [5, 5.41) is 4.05. The molecule has 0 saturated carbocycles. The molecule has 1 rings (SSSR count). The number of hydrogen-bond donors (Lipinski definition) is 1. The molecule has 0 amide bonds. The maximum atomic E-state index is 14.3. The second-order valence-electron chi connectivity index (χ2n) is 5.37. The van der Waals surface area contributed by atoms with Gasteiger partial charge in [-0.1, -0.05) is 26.8 Å². The molecule has 1 N–H and O–H groups in total. The van der Waals surface area contributed by atoms with Gasteiger partial charge in [-0.15, -0.1) is 0 Å². The van der Waals surface area contributed by atoms with Gasteiger partial charge >= 0.3 is 0 Å². The van der Waals surface area contributed by atoms with Crippen LogP contribution >= 0.6 is 11.8 Å². The van der Waals surface area contributed by atoms with E-state index in [1.54, 1.807) is 6.07 Å². The Bertz CT molecular complexity index is 381. The Labute approximate surface area is 121 Å². The van der Waals surface area contributed by atoms with Crippen LogP contribution in [0.4, 0.5) is 4.39 Å². The van der Waals surface area contributed by atoms with Gasteiger partial charge in [-0.3, -0.25) is 0 Å². The first-order valence-corrected chi connectivity index (χ1v) is 8.12. The molecule has 108 valence electrons. The number of aryl methyl sites for hydroxylation is 2. The smallest absolute Gasteiger partial charge is 0.128 e. The number of nitrogens with one attached hydrogen (secondary N) is 1. The van der Waals surface area contributed by atoms with Crippen LogP contribution in [0.15, 0.2) is 12.1 Å². The minimum Gasteiger partial charge on any atom is -0.309 e. The van der Waals surface area contributed by atoms with Gasteiger partial charge in [-0.2, -0.15) is 11.8 Å². The van der Waals surface area contributed by atoms with E-state index in [9.17, 15) is 4.39 Å². The highest BCUT2D eigenvalue weighted by Gasteiger charge is 2.18. The lowest BCUT2D eigenvalue weighted by atomic mass is 9.99. The molecule has 0 aliphatic rings. The number of rotatable bonds is 7. The predicted molar refractivity (Wildman–Crippen MR) is 84.5 cm³/mol. The summed E-state index contributed by atoms with van der Waals surface area (Å²) >= 11 is 1.88. The van der Waals surface area contributed by atoms with Crippen molar-refractivity contribution in [2.45, 2.75) is 52.3 Å². The molecular weight excluding hydrogens is 257 g/mol. The van der Waals surface area contributed by atoms with Crippen LogP contribution in [0, 0.1) is 19.7 Å². The van der Waals surface area contributed by atoms with Gasteiger partial charge < -0.3 is 5.32 Å². The summed E-state index contributed by atoms with van der Waals surface area (Å²) in [6.45, 7) is 11.4. The van der Waals surface area contributed by atoms with Crippen LogP contribution < -0.4 is 5.32 Å². The van der Waals surface area contributed by atoms with Crippen molar-refractivity contribution in [2.75, 3.05) is 12.3 Å². The number of hydrogen-bond acceptors (Lipinski definition) is 2. The van der Waals surface area contributed by atoms with Crippen molar-refractivity contribution in [3.63, 3.8) is 0 Å². The lowest BCUT2D eigenvalue weighted by molar-refractivity contribution is 0.528. The first kappa shape index (κ1) is 16.5. The van der Waals surface area contributed by atoms with Crippen LogP contribution in [-0.2, 0) is 0 Å². The summed E-state index contributed by atoms with van der Waals surface area (Å²) in [5.74, 6) is 0.842. The van der Waals surface area contributed by atoms with E-state index in [1.165, 1.54) is 0 Å². The fourth-order valence-electron chi connectivity index (χ4n) is 2.22. The van der Waals surface area contributed by atoms with Gasteiger partial charge in [0.15, 0.2) is 0 Å². The van der Waals surface area contributed by atoms with Gasteiger partial charge in [0, 0.05) is 17.4 Å². The van der Waals surface area contributed by atoms with Crippen molar-refractivity contribution >= 4 is 11.8 Å². The van der Waals surface area contributed by atoms with Crippen LogP contribution in [-0.4, -0.2) is 17.5 Å². The Hall–Kier alpha value is -0.540. The molecule has 1 atom stereocenters. The standard InChI is InChI=1S/C16H26FNS/c1-6-7-18-15(10-19-11(2)3)16-13(5)8-12(4)9-14(16)17/h8-9,11,15,18H,6-7,10H2,1-5H3. The summed E-state index contributed by atoms with van der Waals surface area (Å²) in [5.41, 5.74) is 2.88. The van der Waals surface area contributed by atoms with Gasteiger partial charge in [0.1, 0.15) is 5.82 Å². The van der Waals surface area contributed by atoms with Gasteiger partial charge in [0.05, 0.1) is 0 Å². The molecule has 0 aromatic heterocycles. The van der Waals surface area contributed by atoms with E-state index in [2.05, 4.69) is 32.2 Å². The van der Waals surface area contributed by atoms with Crippen molar-refractivity contribution in [3.8, 4) is 0 Å². The molecule has 0 aliphatic heterocycles. The Morgan fingerprint density at radius 1 is 1.26 bits per heavy atom. The van der Waals surface area contributed by atoms with Gasteiger partial charge in [-0.05, 0) is 49.3 Å². The Balaban J connectivity index is 2.95. The molecule has 0 bridgehead atoms. The van der Waals surface area contributed by atoms with Crippen molar-refractivity contribution < 1.29 is 4.39 Å². The molecule has 0 saturated heterocycles. The molecule has 1 unspecified atom stereocenters. The number of benzene rings is 1. The normalized spacial score (nSPS) is 13.0. The van der Waals surface area contributed by atoms with Crippen molar-refractivity contribution in [3.05, 3.63) is 34.6 Å². The minimum atomic E-state index is -0.0736. The zero-order valence-electron chi connectivity index (χ0n) is 12.7. The molecule has 0 fully saturated rings. The highest BCUT2D eigenvalue weighted by molar-refractivity contribution is 7.99. The Morgan fingerprint density at radius 2 is 1.95 bits per heavy atom. The van der Waals surface area contributed by atoms with E-state index in [0.29, 0.717) is 5.25 Å². The second kappa shape index (κ2) is 7.91. The largest absolute Gasteiger partial charge is 0.309 e. The Kier molecular flexibility index (Phi) is 6.87. The van der Waals surface area contributed by atoms with Gasteiger partial charge in [-0.25, -0.2) is 4.39 Å². The predicted octanol–water partition coefficient (Wildman–Crippen LogP) is 4.62. The summed E-state index contributed by atoms with van der Waals surface area (Å²) in [4.78, 5) is 0. The first-order chi connectivity index (χ1) is 8.95. The fraction of sp³-hybridized carbons (Fsp3) is 0.625. The fourth-order valence-corrected chi connectivity index (χ4v) is 3.08. The quantitative estimate of drug-likeness (QED) is 0.783. The molecular formula is C16H26FNS. The van der Waals surface area contributed by atoms with E-state index in [1.807, 2.05) is 25.6 Å². The third kappa shape index (κ3) is 5.15. The van der Waals surface area contributed by atoms with Crippen LogP contribution in [0.2, 0.25) is 0 Å². The molecule has 1 aromatic rings. The summed E-state index contributed by atoms with van der Waals surface area (Å²) in [6, 6.07) is 3.81. The zero-order valence-corrected chi connectivity index (χ0v) is 13.5. The van der Waals surface area contributed by atoms with Crippen molar-refractivity contribution in [1.82, 2.24) is 5.32 Å². The molecule has 1 nitrogen and oxygen atoms in total. The first-order valence-electron chi connectivity index (χ1n) is 7.07.